The van der Waals surface area contributed by atoms with Gasteiger partial charge in [0.15, 0.2) is 5.78 Å². The Kier molecular flexibility index (Phi) is 9.53. The van der Waals surface area contributed by atoms with Gasteiger partial charge in [-0.15, -0.1) is 0 Å². The summed E-state index contributed by atoms with van der Waals surface area (Å²) in [5.74, 6) is -0.0291. The molecule has 0 spiro atoms. The van der Waals surface area contributed by atoms with E-state index in [1.807, 2.05) is 92.8 Å². The average Bonchev–Trinajstić information content (AvgIpc) is 2.99. The van der Waals surface area contributed by atoms with Gasteiger partial charge in [-0.2, -0.15) is 0 Å². The molecule has 0 aliphatic heterocycles. The minimum atomic E-state index is -0.0291. The highest BCUT2D eigenvalue weighted by atomic mass is 16.1. The summed E-state index contributed by atoms with van der Waals surface area (Å²) in [5, 5.41) is 0. The number of hydrogen-bond donors (Lipinski definition) is 0. The van der Waals surface area contributed by atoms with E-state index < -0.39 is 0 Å². The highest BCUT2D eigenvalue weighted by Gasteiger charge is 2.20. The molecule has 0 atom stereocenters. The van der Waals surface area contributed by atoms with E-state index in [2.05, 4.69) is 92.4 Å². The molecule has 0 heterocycles. The number of Topliss-reactive ketones (excluding diaryl/α,β-unsaturated/α-hetero) is 1. The van der Waals surface area contributed by atoms with Crippen molar-refractivity contribution < 1.29 is 4.79 Å². The zero-order valence-corrected chi connectivity index (χ0v) is 26.1. The van der Waals surface area contributed by atoms with Gasteiger partial charge in [0, 0.05) is 90.3 Å². The van der Waals surface area contributed by atoms with Crippen molar-refractivity contribution in [2.75, 3.05) is 76.0 Å². The summed E-state index contributed by atoms with van der Waals surface area (Å²) in [4.78, 5) is 22.9. The van der Waals surface area contributed by atoms with Crippen LogP contribution in [0.3, 0.4) is 0 Å². The summed E-state index contributed by atoms with van der Waals surface area (Å²) in [5.41, 5.74) is 9.36. The van der Waals surface area contributed by atoms with Crippen LogP contribution in [0.15, 0.2) is 97.1 Å². The van der Waals surface area contributed by atoms with Gasteiger partial charge in [-0.05, 0) is 82.9 Å². The van der Waals surface area contributed by atoms with Crippen LogP contribution in [0.2, 0.25) is 0 Å². The number of hydrogen-bond acceptors (Lipinski definition) is 5. The SMILES string of the molecule is CN(C)c1ccc(C=C(C(=O)C(=Cc2ccc(N(C)C)cc2)c2ccc(N(C)C)cc2)c2ccc(N(C)C)cc2)cc1. The van der Waals surface area contributed by atoms with Crippen LogP contribution in [0.4, 0.5) is 22.7 Å². The standard InChI is InChI=1S/C37H42N4O/c1-38(2)31-17-9-27(10-18-31)25-35(29-13-21-33(22-14-29)40(5)6)37(42)36(30-15-23-34(24-16-30)41(7)8)26-28-11-19-32(20-12-28)39(3)4/h9-26H,1-8H3. The number of carbonyl (C=O) groups excluding carboxylic acids is 1. The predicted octanol–water partition coefficient (Wildman–Crippen LogP) is 7.30. The number of ketones is 1. The van der Waals surface area contributed by atoms with Crippen molar-refractivity contribution in [1.82, 2.24) is 0 Å². The smallest absolute Gasteiger partial charge is 0.194 e. The normalized spacial score (nSPS) is 11.7. The van der Waals surface area contributed by atoms with Crippen molar-refractivity contribution in [1.29, 1.82) is 0 Å². The molecule has 0 unspecified atom stereocenters. The largest absolute Gasteiger partial charge is 0.378 e. The van der Waals surface area contributed by atoms with E-state index in [0.29, 0.717) is 11.1 Å². The van der Waals surface area contributed by atoms with Gasteiger partial charge in [-0.3, -0.25) is 4.79 Å². The first-order chi connectivity index (χ1) is 20.0. The first-order valence-electron chi connectivity index (χ1n) is 14.1. The topological polar surface area (TPSA) is 30.0 Å². The Labute approximate surface area is 251 Å². The van der Waals surface area contributed by atoms with Crippen LogP contribution < -0.4 is 19.6 Å². The third kappa shape index (κ3) is 7.29. The number of allylic oxidation sites excluding steroid dienone is 2. The van der Waals surface area contributed by atoms with Crippen molar-refractivity contribution in [2.45, 2.75) is 0 Å². The van der Waals surface area contributed by atoms with Crippen LogP contribution in [0.5, 0.6) is 0 Å². The Hall–Kier alpha value is -4.77. The number of benzene rings is 4. The van der Waals surface area contributed by atoms with Crippen molar-refractivity contribution in [3.8, 4) is 0 Å². The summed E-state index contributed by atoms with van der Waals surface area (Å²) >= 11 is 0. The van der Waals surface area contributed by atoms with Gasteiger partial charge in [0.25, 0.3) is 0 Å². The van der Waals surface area contributed by atoms with Gasteiger partial charge in [0.05, 0.1) is 0 Å². The summed E-state index contributed by atoms with van der Waals surface area (Å²) in [6, 6.07) is 32.9. The molecule has 42 heavy (non-hydrogen) atoms. The molecular formula is C37H42N4O. The fourth-order valence-electron chi connectivity index (χ4n) is 4.65. The lowest BCUT2D eigenvalue weighted by Crippen LogP contribution is -2.10. The summed E-state index contributed by atoms with van der Waals surface area (Å²) < 4.78 is 0. The van der Waals surface area contributed by atoms with Gasteiger partial charge in [-0.25, -0.2) is 0 Å². The molecule has 0 N–H and O–H groups in total. The third-order valence-corrected chi connectivity index (χ3v) is 7.32. The first kappa shape index (κ1) is 30.2. The van der Waals surface area contributed by atoms with Crippen molar-refractivity contribution in [3.05, 3.63) is 119 Å². The van der Waals surface area contributed by atoms with Crippen LogP contribution in [-0.2, 0) is 4.79 Å². The van der Waals surface area contributed by atoms with E-state index in [0.717, 1.165) is 45.0 Å². The molecular weight excluding hydrogens is 516 g/mol. The van der Waals surface area contributed by atoms with Crippen molar-refractivity contribution in [3.63, 3.8) is 0 Å². The molecule has 0 amide bonds. The highest BCUT2D eigenvalue weighted by molar-refractivity contribution is 6.46. The van der Waals surface area contributed by atoms with E-state index in [1.165, 1.54) is 0 Å². The molecule has 0 saturated heterocycles. The van der Waals surface area contributed by atoms with E-state index in [-0.39, 0.29) is 5.78 Å². The molecule has 0 aliphatic carbocycles. The van der Waals surface area contributed by atoms with Gasteiger partial charge < -0.3 is 19.6 Å². The molecule has 4 aromatic rings. The summed E-state index contributed by atoms with van der Waals surface area (Å²) in [6.45, 7) is 0. The van der Waals surface area contributed by atoms with Crippen molar-refractivity contribution >= 4 is 51.8 Å². The van der Waals surface area contributed by atoms with E-state index in [1.54, 1.807) is 0 Å². The Morgan fingerprint density at radius 2 is 0.643 bits per heavy atom. The molecule has 5 nitrogen and oxygen atoms in total. The number of nitrogens with zero attached hydrogens (tertiary/aromatic N) is 4. The molecule has 0 saturated carbocycles. The maximum atomic E-state index is 14.7. The maximum Gasteiger partial charge on any atom is 0.194 e. The summed E-state index contributed by atoms with van der Waals surface area (Å²) in [6.07, 6.45) is 4.01. The second kappa shape index (κ2) is 13.3. The van der Waals surface area contributed by atoms with Gasteiger partial charge >= 0.3 is 0 Å². The van der Waals surface area contributed by atoms with Gasteiger partial charge in [0.1, 0.15) is 0 Å². The van der Waals surface area contributed by atoms with E-state index in [9.17, 15) is 4.79 Å². The van der Waals surface area contributed by atoms with Gasteiger partial charge in [0.2, 0.25) is 0 Å². The lowest BCUT2D eigenvalue weighted by Gasteiger charge is -2.17. The Balaban J connectivity index is 1.87. The van der Waals surface area contributed by atoms with E-state index in [4.69, 9.17) is 0 Å². The Morgan fingerprint density at radius 1 is 0.405 bits per heavy atom. The molecule has 4 rings (SSSR count). The molecule has 0 aromatic heterocycles. The average molecular weight is 559 g/mol. The fraction of sp³-hybridized carbons (Fsp3) is 0.216. The molecule has 0 aliphatic rings. The maximum absolute atomic E-state index is 14.7. The Morgan fingerprint density at radius 3 is 0.881 bits per heavy atom. The highest BCUT2D eigenvalue weighted by Crippen LogP contribution is 2.31. The molecule has 4 aromatic carbocycles. The summed E-state index contributed by atoms with van der Waals surface area (Å²) in [7, 11) is 16.2. The fourth-order valence-corrected chi connectivity index (χ4v) is 4.65. The lowest BCUT2D eigenvalue weighted by atomic mass is 9.89. The quantitative estimate of drug-likeness (QED) is 0.151. The molecule has 0 radical (unpaired) electrons. The number of rotatable bonds is 10. The third-order valence-electron chi connectivity index (χ3n) is 7.32. The van der Waals surface area contributed by atoms with E-state index >= 15 is 0 Å². The zero-order chi connectivity index (χ0) is 30.4. The second-order valence-electron chi connectivity index (χ2n) is 11.3. The van der Waals surface area contributed by atoms with Crippen molar-refractivity contribution in [2.24, 2.45) is 0 Å². The molecule has 5 heteroatoms. The minimum absolute atomic E-state index is 0.0291. The van der Waals surface area contributed by atoms with Crippen LogP contribution in [0, 0.1) is 0 Å². The zero-order valence-electron chi connectivity index (χ0n) is 26.1. The lowest BCUT2D eigenvalue weighted by molar-refractivity contribution is -0.108. The molecule has 216 valence electrons. The number of anilines is 4. The van der Waals surface area contributed by atoms with Crippen LogP contribution in [0.25, 0.3) is 23.3 Å². The number of carbonyl (C=O) groups is 1. The molecule has 0 bridgehead atoms. The first-order valence-corrected chi connectivity index (χ1v) is 14.1. The van der Waals surface area contributed by atoms with Crippen LogP contribution in [-0.4, -0.2) is 62.2 Å². The minimum Gasteiger partial charge on any atom is -0.378 e. The monoisotopic (exact) mass is 558 g/mol. The predicted molar refractivity (Wildman–Crippen MR) is 184 cm³/mol. The Bertz CT molecular complexity index is 1420. The second-order valence-corrected chi connectivity index (χ2v) is 11.3. The van der Waals surface area contributed by atoms with Crippen LogP contribution >= 0.6 is 0 Å². The van der Waals surface area contributed by atoms with Crippen LogP contribution in [0.1, 0.15) is 22.3 Å². The van der Waals surface area contributed by atoms with Gasteiger partial charge in [-0.1, -0.05) is 48.5 Å². The molecule has 0 fully saturated rings.